The van der Waals surface area contributed by atoms with Crippen LogP contribution < -0.4 is 4.80 Å². The number of nitro groups is 1. The number of aromatic nitrogens is 1. The normalized spacial score (nSPS) is 12.0. The van der Waals surface area contributed by atoms with Gasteiger partial charge in [-0.2, -0.15) is 0 Å². The Balaban J connectivity index is 2.16. The molecular formula is C22H25N3O2S. The summed E-state index contributed by atoms with van der Waals surface area (Å²) in [6.45, 7) is 8.52. The van der Waals surface area contributed by atoms with Gasteiger partial charge < -0.3 is 4.57 Å². The van der Waals surface area contributed by atoms with Gasteiger partial charge >= 0.3 is 0 Å². The molecule has 0 atom stereocenters. The Kier molecular flexibility index (Phi) is 6.09. The van der Waals surface area contributed by atoms with Crippen LogP contribution in [0.3, 0.4) is 0 Å². The van der Waals surface area contributed by atoms with E-state index in [4.69, 9.17) is 4.99 Å². The second kappa shape index (κ2) is 8.52. The van der Waals surface area contributed by atoms with E-state index in [-0.39, 0.29) is 10.6 Å². The molecule has 28 heavy (non-hydrogen) atoms. The van der Waals surface area contributed by atoms with Crippen LogP contribution in [-0.4, -0.2) is 9.49 Å². The number of rotatable bonds is 6. The third-order valence-corrected chi connectivity index (χ3v) is 5.69. The summed E-state index contributed by atoms with van der Waals surface area (Å²) in [5.74, 6) is 0. The molecule has 0 fully saturated rings. The first-order valence-electron chi connectivity index (χ1n) is 9.50. The van der Waals surface area contributed by atoms with Gasteiger partial charge in [-0.1, -0.05) is 19.9 Å². The number of thiazole rings is 1. The molecule has 6 heteroatoms. The lowest BCUT2D eigenvalue weighted by molar-refractivity contribution is -0.384. The first-order chi connectivity index (χ1) is 13.4. The highest BCUT2D eigenvalue weighted by Crippen LogP contribution is 2.28. The zero-order valence-electron chi connectivity index (χ0n) is 16.7. The minimum absolute atomic E-state index is 0.105. The summed E-state index contributed by atoms with van der Waals surface area (Å²) < 4.78 is 2.28. The second-order valence-electron chi connectivity index (χ2n) is 7.01. The van der Waals surface area contributed by atoms with Gasteiger partial charge in [-0.3, -0.25) is 10.1 Å². The molecule has 3 rings (SSSR count). The van der Waals surface area contributed by atoms with Crippen molar-refractivity contribution >= 4 is 22.7 Å². The average Bonchev–Trinajstić information content (AvgIpc) is 3.05. The lowest BCUT2D eigenvalue weighted by atomic mass is 10.1. The van der Waals surface area contributed by atoms with E-state index in [1.807, 2.05) is 12.1 Å². The largest absolute Gasteiger partial charge is 0.313 e. The molecule has 1 aromatic heterocycles. The van der Waals surface area contributed by atoms with E-state index in [1.54, 1.807) is 23.5 Å². The number of hydrogen-bond donors (Lipinski definition) is 0. The van der Waals surface area contributed by atoms with E-state index in [9.17, 15) is 10.1 Å². The van der Waals surface area contributed by atoms with Gasteiger partial charge in [0.05, 0.1) is 16.3 Å². The monoisotopic (exact) mass is 395 g/mol. The van der Waals surface area contributed by atoms with Gasteiger partial charge in [-0.25, -0.2) is 4.99 Å². The number of non-ortho nitro benzene ring substituents is 1. The van der Waals surface area contributed by atoms with E-state index >= 15 is 0 Å². The first-order valence-corrected chi connectivity index (χ1v) is 10.4. The maximum absolute atomic E-state index is 11.0. The molecule has 0 aliphatic rings. The number of nitrogens with zero attached hydrogens (tertiary/aromatic N) is 3. The fraction of sp³-hybridized carbons (Fsp3) is 0.318. The van der Waals surface area contributed by atoms with E-state index in [2.05, 4.69) is 55.8 Å². The molecule has 0 saturated heterocycles. The van der Waals surface area contributed by atoms with Gasteiger partial charge in [0.25, 0.3) is 5.69 Å². The smallest absolute Gasteiger partial charge is 0.269 e. The van der Waals surface area contributed by atoms with Crippen LogP contribution in [0.4, 0.5) is 11.4 Å². The average molecular weight is 396 g/mol. The Morgan fingerprint density at radius 2 is 1.68 bits per heavy atom. The molecule has 0 amide bonds. The van der Waals surface area contributed by atoms with Crippen molar-refractivity contribution in [1.82, 2.24) is 4.57 Å². The Morgan fingerprint density at radius 3 is 2.21 bits per heavy atom. The molecule has 0 aliphatic carbocycles. The van der Waals surface area contributed by atoms with E-state index in [1.165, 1.54) is 11.1 Å². The van der Waals surface area contributed by atoms with Gasteiger partial charge in [-0.05, 0) is 67.6 Å². The topological polar surface area (TPSA) is 60.4 Å². The quantitative estimate of drug-likeness (QED) is 0.361. The highest BCUT2D eigenvalue weighted by molar-refractivity contribution is 7.07. The number of hydrogen-bond acceptors (Lipinski definition) is 4. The number of benzene rings is 2. The molecular weight excluding hydrogens is 370 g/mol. The van der Waals surface area contributed by atoms with Crippen molar-refractivity contribution in [1.29, 1.82) is 0 Å². The molecule has 0 radical (unpaired) electrons. The van der Waals surface area contributed by atoms with Crippen molar-refractivity contribution in [3.63, 3.8) is 0 Å². The van der Waals surface area contributed by atoms with Crippen molar-refractivity contribution in [2.75, 3.05) is 0 Å². The molecule has 1 heterocycles. The minimum atomic E-state index is -0.368. The summed E-state index contributed by atoms with van der Waals surface area (Å²) in [5, 5.41) is 13.1. The van der Waals surface area contributed by atoms with Crippen LogP contribution in [0.1, 0.15) is 43.9 Å². The number of aryl methyl sites for hydroxylation is 2. The van der Waals surface area contributed by atoms with Gasteiger partial charge in [0, 0.05) is 23.6 Å². The highest BCUT2D eigenvalue weighted by atomic mass is 32.1. The zero-order chi connectivity index (χ0) is 20.3. The van der Waals surface area contributed by atoms with Crippen molar-refractivity contribution in [2.45, 2.75) is 46.6 Å². The predicted molar refractivity (Wildman–Crippen MR) is 115 cm³/mol. The Morgan fingerprint density at radius 1 is 1.07 bits per heavy atom. The zero-order valence-corrected chi connectivity index (χ0v) is 17.5. The first kappa shape index (κ1) is 20.0. The summed E-state index contributed by atoms with van der Waals surface area (Å²) in [7, 11) is 0. The summed E-state index contributed by atoms with van der Waals surface area (Å²) in [6.07, 6.45) is 1.99. The lowest BCUT2D eigenvalue weighted by Crippen LogP contribution is -2.21. The van der Waals surface area contributed by atoms with Crippen LogP contribution >= 0.6 is 11.3 Å². The van der Waals surface area contributed by atoms with E-state index in [0.29, 0.717) is 6.04 Å². The Hall–Kier alpha value is -2.73. The van der Waals surface area contributed by atoms with E-state index in [0.717, 1.165) is 34.6 Å². The lowest BCUT2D eigenvalue weighted by Gasteiger charge is -2.18. The minimum Gasteiger partial charge on any atom is -0.313 e. The van der Waals surface area contributed by atoms with Gasteiger partial charge in [0.1, 0.15) is 0 Å². The molecule has 2 aromatic carbocycles. The van der Waals surface area contributed by atoms with Crippen LogP contribution in [0.5, 0.6) is 0 Å². The van der Waals surface area contributed by atoms with Crippen molar-refractivity contribution in [3.05, 3.63) is 73.9 Å². The molecule has 0 saturated carbocycles. The molecule has 0 bridgehead atoms. The molecule has 0 spiro atoms. The summed E-state index contributed by atoms with van der Waals surface area (Å²) in [5.41, 5.74) is 5.47. The van der Waals surface area contributed by atoms with Crippen LogP contribution in [0, 0.1) is 24.0 Å². The molecule has 0 unspecified atom stereocenters. The van der Waals surface area contributed by atoms with Crippen LogP contribution in [0.15, 0.2) is 52.8 Å². The standard InChI is InChI=1S/C22H25N3O2S/c1-5-19(6-2)24-21(17-7-9-20(10-8-17)25(26)27)14-28-22(24)23-18-12-15(3)11-16(4)13-18/h7-14,19H,5-6H2,1-4H3. The van der Waals surface area contributed by atoms with Gasteiger partial charge in [0.15, 0.2) is 4.80 Å². The van der Waals surface area contributed by atoms with Crippen molar-refractivity contribution in [2.24, 2.45) is 4.99 Å². The van der Waals surface area contributed by atoms with Gasteiger partial charge in [0.2, 0.25) is 0 Å². The summed E-state index contributed by atoms with van der Waals surface area (Å²) in [4.78, 5) is 16.5. The molecule has 146 valence electrons. The highest BCUT2D eigenvalue weighted by Gasteiger charge is 2.16. The molecule has 3 aromatic rings. The molecule has 0 aliphatic heterocycles. The fourth-order valence-corrected chi connectivity index (χ4v) is 4.48. The molecule has 5 nitrogen and oxygen atoms in total. The maximum atomic E-state index is 11.0. The maximum Gasteiger partial charge on any atom is 0.269 e. The van der Waals surface area contributed by atoms with Gasteiger partial charge in [-0.15, -0.1) is 11.3 Å². The van der Waals surface area contributed by atoms with Crippen LogP contribution in [0.25, 0.3) is 11.3 Å². The summed E-state index contributed by atoms with van der Waals surface area (Å²) in [6, 6.07) is 13.4. The number of nitro benzene ring substituents is 1. The fourth-order valence-electron chi connectivity index (χ4n) is 3.50. The third kappa shape index (κ3) is 4.22. The Bertz CT molecular complexity index is 1020. The second-order valence-corrected chi connectivity index (χ2v) is 7.84. The van der Waals surface area contributed by atoms with Crippen LogP contribution in [-0.2, 0) is 0 Å². The SMILES string of the molecule is CCC(CC)n1c(-c2ccc([N+](=O)[O-])cc2)csc1=Nc1cc(C)cc(C)c1. The van der Waals surface area contributed by atoms with E-state index < -0.39 is 0 Å². The third-order valence-electron chi connectivity index (χ3n) is 4.85. The summed E-state index contributed by atoms with van der Waals surface area (Å²) >= 11 is 1.61. The van der Waals surface area contributed by atoms with Crippen LogP contribution in [0.2, 0.25) is 0 Å². The predicted octanol–water partition coefficient (Wildman–Crippen LogP) is 6.34. The molecule has 0 N–H and O–H groups in total. The van der Waals surface area contributed by atoms with Crippen molar-refractivity contribution in [3.8, 4) is 11.3 Å². The Labute approximate surface area is 169 Å². The van der Waals surface area contributed by atoms with Crippen molar-refractivity contribution < 1.29 is 4.92 Å².